The predicted molar refractivity (Wildman–Crippen MR) is 101 cm³/mol. The van der Waals surface area contributed by atoms with E-state index < -0.39 is 32.2 Å². The van der Waals surface area contributed by atoms with Gasteiger partial charge in [-0.3, -0.25) is 10.1 Å². The summed E-state index contributed by atoms with van der Waals surface area (Å²) >= 11 is 0. The molecular weight excluding hydrogens is 402 g/mol. The fraction of sp³-hybridized carbons (Fsp3) is 0.105. The first-order valence-electron chi connectivity index (χ1n) is 8.20. The summed E-state index contributed by atoms with van der Waals surface area (Å²) in [5.41, 5.74) is -0.405. The number of methoxy groups -OCH3 is 1. The minimum absolute atomic E-state index is 0.0787. The number of rotatable bonds is 7. The summed E-state index contributed by atoms with van der Waals surface area (Å²) in [6, 6.07) is 12.8. The van der Waals surface area contributed by atoms with E-state index in [2.05, 4.69) is 0 Å². The average Bonchev–Trinajstić information content (AvgIpc) is 3.16. The van der Waals surface area contributed by atoms with Crippen molar-refractivity contribution in [1.82, 2.24) is 0 Å². The molecule has 0 unspecified atom stereocenters. The predicted octanol–water partition coefficient (Wildman–Crippen LogP) is 3.39. The van der Waals surface area contributed by atoms with E-state index in [9.17, 15) is 23.3 Å². The molecule has 1 aromatic heterocycles. The van der Waals surface area contributed by atoms with Crippen LogP contribution in [0.5, 0.6) is 11.5 Å². The van der Waals surface area contributed by atoms with Crippen molar-refractivity contribution >= 4 is 21.5 Å². The van der Waals surface area contributed by atoms with Crippen LogP contribution in [-0.2, 0) is 15.6 Å². The molecule has 0 bridgehead atoms. The van der Waals surface area contributed by atoms with Gasteiger partial charge in [0.15, 0.2) is 9.84 Å². The molecule has 29 heavy (non-hydrogen) atoms. The Kier molecular flexibility index (Phi) is 5.64. The summed E-state index contributed by atoms with van der Waals surface area (Å²) in [6.07, 6.45) is 1.15. The molecule has 2 aromatic carbocycles. The highest BCUT2D eigenvalue weighted by atomic mass is 32.2. The number of ether oxygens (including phenoxy) is 2. The first-order valence-corrected chi connectivity index (χ1v) is 9.86. The number of nitro benzene ring substituents is 1. The van der Waals surface area contributed by atoms with E-state index in [1.165, 1.54) is 37.4 Å². The smallest absolute Gasteiger partial charge is 0.380 e. The summed E-state index contributed by atoms with van der Waals surface area (Å²) in [4.78, 5) is 23.1. The maximum atomic E-state index is 12.5. The van der Waals surface area contributed by atoms with Crippen LogP contribution in [0.15, 0.2) is 70.2 Å². The van der Waals surface area contributed by atoms with Gasteiger partial charge in [0.2, 0.25) is 11.5 Å². The first kappa shape index (κ1) is 20.1. The lowest BCUT2D eigenvalue weighted by Crippen LogP contribution is -2.13. The molecule has 9 nitrogen and oxygen atoms in total. The summed E-state index contributed by atoms with van der Waals surface area (Å²) in [5, 5.41) is 11.2. The quantitative estimate of drug-likeness (QED) is 0.248. The van der Waals surface area contributed by atoms with Crippen molar-refractivity contribution in [1.29, 1.82) is 0 Å². The molecule has 150 valence electrons. The molecule has 3 aromatic rings. The molecule has 0 N–H and O–H groups in total. The molecule has 1 heterocycles. The lowest BCUT2D eigenvalue weighted by atomic mass is 10.2. The second kappa shape index (κ2) is 8.15. The SMILES string of the molecule is COc1ccc(OC(=O)c2occc2CS(=O)(=O)c2ccccc2)c([N+](=O)[O-])c1. The van der Waals surface area contributed by atoms with Gasteiger partial charge < -0.3 is 13.9 Å². The van der Waals surface area contributed by atoms with Gasteiger partial charge in [0.1, 0.15) is 5.75 Å². The van der Waals surface area contributed by atoms with Crippen LogP contribution in [0.25, 0.3) is 0 Å². The number of nitrogens with zero attached hydrogens (tertiary/aromatic N) is 1. The molecule has 0 atom stereocenters. The van der Waals surface area contributed by atoms with E-state index in [4.69, 9.17) is 13.9 Å². The molecule has 0 aliphatic heterocycles. The standard InChI is InChI=1S/C19H15NO8S/c1-26-14-7-8-17(16(11-14)20(22)23)28-19(21)18-13(9-10-27-18)12-29(24,25)15-5-3-2-4-6-15/h2-11H,12H2,1H3. The van der Waals surface area contributed by atoms with Crippen LogP contribution in [0.3, 0.4) is 0 Å². The molecule has 0 aliphatic rings. The van der Waals surface area contributed by atoms with Crippen molar-refractivity contribution in [3.05, 3.63) is 82.3 Å². The lowest BCUT2D eigenvalue weighted by Gasteiger charge is -2.07. The maximum Gasteiger partial charge on any atom is 0.380 e. The summed E-state index contributed by atoms with van der Waals surface area (Å²) in [6.45, 7) is 0. The van der Waals surface area contributed by atoms with Crippen molar-refractivity contribution in [2.24, 2.45) is 0 Å². The molecule has 0 fully saturated rings. The van der Waals surface area contributed by atoms with Crippen molar-refractivity contribution in [3.63, 3.8) is 0 Å². The van der Waals surface area contributed by atoms with Gasteiger partial charge in [-0.1, -0.05) is 18.2 Å². The number of furan rings is 1. The molecule has 0 saturated carbocycles. The van der Waals surface area contributed by atoms with Crippen LogP contribution >= 0.6 is 0 Å². The van der Waals surface area contributed by atoms with Gasteiger partial charge in [-0.2, -0.15) is 0 Å². The summed E-state index contributed by atoms with van der Waals surface area (Å²) in [5.74, 6) is -2.02. The van der Waals surface area contributed by atoms with E-state index in [0.29, 0.717) is 0 Å². The third-order valence-electron chi connectivity index (χ3n) is 3.95. The normalized spacial score (nSPS) is 11.1. The Morgan fingerprint density at radius 1 is 1.14 bits per heavy atom. The Hall–Kier alpha value is -3.66. The highest BCUT2D eigenvalue weighted by Crippen LogP contribution is 2.32. The minimum Gasteiger partial charge on any atom is -0.496 e. The lowest BCUT2D eigenvalue weighted by molar-refractivity contribution is -0.385. The number of nitro groups is 1. The Bertz CT molecular complexity index is 1150. The summed E-state index contributed by atoms with van der Waals surface area (Å²) < 4.78 is 40.2. The zero-order valence-electron chi connectivity index (χ0n) is 15.1. The Morgan fingerprint density at radius 3 is 2.52 bits per heavy atom. The number of hydrogen-bond donors (Lipinski definition) is 0. The number of sulfone groups is 1. The van der Waals surface area contributed by atoms with Crippen molar-refractivity contribution < 1.29 is 32.0 Å². The molecule has 3 rings (SSSR count). The fourth-order valence-electron chi connectivity index (χ4n) is 2.54. The van der Waals surface area contributed by atoms with Crippen LogP contribution in [-0.4, -0.2) is 26.4 Å². The molecule has 0 radical (unpaired) electrons. The maximum absolute atomic E-state index is 12.5. The van der Waals surface area contributed by atoms with Crippen LogP contribution < -0.4 is 9.47 Å². The van der Waals surface area contributed by atoms with Crippen molar-refractivity contribution in [3.8, 4) is 11.5 Å². The second-order valence-electron chi connectivity index (χ2n) is 5.83. The molecule has 0 spiro atoms. The van der Waals surface area contributed by atoms with Crippen molar-refractivity contribution in [2.75, 3.05) is 7.11 Å². The second-order valence-corrected chi connectivity index (χ2v) is 7.82. The average molecular weight is 417 g/mol. The van der Waals surface area contributed by atoms with Crippen molar-refractivity contribution in [2.45, 2.75) is 10.6 Å². The fourth-order valence-corrected chi connectivity index (χ4v) is 3.92. The number of hydrogen-bond acceptors (Lipinski definition) is 8. The number of carbonyl (C=O) groups is 1. The summed E-state index contributed by atoms with van der Waals surface area (Å²) in [7, 11) is -2.39. The Labute approximate surface area is 165 Å². The van der Waals surface area contributed by atoms with Crippen LogP contribution in [0.2, 0.25) is 0 Å². The molecule has 0 aliphatic carbocycles. The Morgan fingerprint density at radius 2 is 1.86 bits per heavy atom. The number of carbonyl (C=O) groups excluding carboxylic acids is 1. The zero-order valence-corrected chi connectivity index (χ0v) is 15.9. The third-order valence-corrected chi connectivity index (χ3v) is 5.63. The highest BCUT2D eigenvalue weighted by molar-refractivity contribution is 7.90. The van der Waals surface area contributed by atoms with E-state index >= 15 is 0 Å². The molecule has 0 saturated heterocycles. The van der Waals surface area contributed by atoms with Gasteiger partial charge in [-0.15, -0.1) is 0 Å². The molecule has 0 amide bonds. The Balaban J connectivity index is 1.86. The third kappa shape index (κ3) is 4.43. The van der Waals surface area contributed by atoms with E-state index in [-0.39, 0.29) is 27.7 Å². The van der Waals surface area contributed by atoms with Gasteiger partial charge in [0.05, 0.1) is 35.0 Å². The van der Waals surface area contributed by atoms with Gasteiger partial charge in [0.25, 0.3) is 0 Å². The van der Waals surface area contributed by atoms with Crippen LogP contribution in [0.4, 0.5) is 5.69 Å². The van der Waals surface area contributed by atoms with E-state index in [1.807, 2.05) is 0 Å². The zero-order chi connectivity index (χ0) is 21.0. The van der Waals surface area contributed by atoms with Gasteiger partial charge in [0, 0.05) is 5.56 Å². The largest absolute Gasteiger partial charge is 0.496 e. The number of esters is 1. The van der Waals surface area contributed by atoms with Gasteiger partial charge in [-0.25, -0.2) is 13.2 Å². The van der Waals surface area contributed by atoms with Gasteiger partial charge >= 0.3 is 11.7 Å². The molecule has 10 heteroatoms. The van der Waals surface area contributed by atoms with Crippen LogP contribution in [0.1, 0.15) is 16.1 Å². The first-order chi connectivity index (χ1) is 13.8. The number of benzene rings is 2. The van der Waals surface area contributed by atoms with Crippen LogP contribution in [0, 0.1) is 10.1 Å². The monoisotopic (exact) mass is 417 g/mol. The molecular formula is C19H15NO8S. The van der Waals surface area contributed by atoms with Gasteiger partial charge in [-0.05, 0) is 30.3 Å². The van der Waals surface area contributed by atoms with E-state index in [1.54, 1.807) is 18.2 Å². The topological polar surface area (TPSA) is 126 Å². The highest BCUT2D eigenvalue weighted by Gasteiger charge is 2.26. The van der Waals surface area contributed by atoms with E-state index in [0.717, 1.165) is 12.3 Å². The minimum atomic E-state index is -3.74.